The quantitative estimate of drug-likeness (QED) is 0.210. The predicted molar refractivity (Wildman–Crippen MR) is 104 cm³/mol. The lowest BCUT2D eigenvalue weighted by Gasteiger charge is -2.27. The molecule has 3 rings (SSSR count). The molecule has 0 amide bonds. The number of aliphatic hydroxyl groups is 2. The second-order valence-electron chi connectivity index (χ2n) is 6.86. The van der Waals surface area contributed by atoms with Crippen LogP contribution in [-0.4, -0.2) is 71.5 Å². The molecule has 1 fully saturated rings. The third kappa shape index (κ3) is 4.70. The van der Waals surface area contributed by atoms with E-state index >= 15 is 0 Å². The molecule has 0 aromatic carbocycles. The highest BCUT2D eigenvalue weighted by atomic mass is 31.2. The average Bonchev–Trinajstić information content (AvgIpc) is 3.14. The van der Waals surface area contributed by atoms with Crippen LogP contribution < -0.4 is 5.73 Å². The average molecular weight is 456 g/mol. The summed E-state index contributed by atoms with van der Waals surface area (Å²) in [5.41, 5.74) is 4.46. The van der Waals surface area contributed by atoms with E-state index < -0.39 is 44.4 Å². The van der Waals surface area contributed by atoms with Crippen LogP contribution in [0.1, 0.15) is 25.6 Å². The van der Waals surface area contributed by atoms with Crippen LogP contribution in [0.15, 0.2) is 12.5 Å². The Morgan fingerprint density at radius 1 is 1.45 bits per heavy atom. The molecule has 6 N–H and O–H groups in total. The largest absolute Gasteiger partial charge is 0.469 e. The molecular formula is C17H21N4O9P. The Kier molecular flexibility index (Phi) is 6.35. The Bertz CT molecular complexity index is 1100. The fourth-order valence-electron chi connectivity index (χ4n) is 3.22. The van der Waals surface area contributed by atoms with Crippen LogP contribution in [-0.2, 0) is 23.4 Å². The van der Waals surface area contributed by atoms with Gasteiger partial charge in [0.2, 0.25) is 0 Å². The number of esters is 1. The van der Waals surface area contributed by atoms with Gasteiger partial charge in [0, 0.05) is 12.1 Å². The second-order valence-corrected chi connectivity index (χ2v) is 8.10. The van der Waals surface area contributed by atoms with Gasteiger partial charge in [0.1, 0.15) is 35.6 Å². The number of nitrogen functional groups attached to an aromatic ring is 1. The highest BCUT2D eigenvalue weighted by molar-refractivity contribution is 7.46. The molecule has 0 aliphatic carbocycles. The van der Waals surface area contributed by atoms with Gasteiger partial charge >= 0.3 is 13.8 Å². The maximum Gasteiger partial charge on any atom is 0.469 e. The summed E-state index contributed by atoms with van der Waals surface area (Å²) in [5.74, 6) is 4.22. The van der Waals surface area contributed by atoms with Gasteiger partial charge in [-0.3, -0.25) is 4.52 Å². The highest BCUT2D eigenvalue weighted by Gasteiger charge is 2.54. The molecule has 1 aliphatic rings. The maximum absolute atomic E-state index is 11.6. The van der Waals surface area contributed by atoms with Crippen LogP contribution in [0.3, 0.4) is 0 Å². The van der Waals surface area contributed by atoms with Gasteiger partial charge in [0.05, 0.1) is 24.2 Å². The van der Waals surface area contributed by atoms with Crippen molar-refractivity contribution in [1.82, 2.24) is 14.5 Å². The van der Waals surface area contributed by atoms with Crippen molar-refractivity contribution in [2.45, 2.75) is 37.9 Å². The van der Waals surface area contributed by atoms with E-state index in [-0.39, 0.29) is 29.0 Å². The van der Waals surface area contributed by atoms with Crippen molar-refractivity contribution in [2.24, 2.45) is 0 Å². The van der Waals surface area contributed by atoms with E-state index in [0.29, 0.717) is 0 Å². The molecule has 14 heteroatoms. The third-order valence-corrected chi connectivity index (χ3v) is 5.11. The van der Waals surface area contributed by atoms with E-state index in [4.69, 9.17) is 25.0 Å². The topological polar surface area (TPSA) is 199 Å². The number of fused-ring (bicyclic) bond motifs is 1. The summed E-state index contributed by atoms with van der Waals surface area (Å²) in [6.45, 7) is 2.38. The zero-order valence-corrected chi connectivity index (χ0v) is 17.4. The van der Waals surface area contributed by atoms with E-state index in [9.17, 15) is 19.6 Å². The Labute approximate surface area is 176 Å². The van der Waals surface area contributed by atoms with Crippen molar-refractivity contribution >= 4 is 30.6 Å². The van der Waals surface area contributed by atoms with Crippen molar-refractivity contribution in [3.63, 3.8) is 0 Å². The van der Waals surface area contributed by atoms with E-state index in [2.05, 4.69) is 26.3 Å². The smallest absolute Gasteiger partial charge is 0.456 e. The standard InChI is InChI=1S/C17H21N4O9P/c1-3-28-11(22)5-4-9-6-21(15-12(9)14(18)19-8-20-15)16-17(2,24)13(23)10(30-16)7-29-31(25,26)27/h6,8,10,13,16,23-24H,3,7H2,1-2H3,(H2,18,19,20)(H2,25,26,27)/t10-,13-,16-,17-/m1/s1. The summed E-state index contributed by atoms with van der Waals surface area (Å²) < 4.78 is 27.1. The van der Waals surface area contributed by atoms with Crippen molar-refractivity contribution in [2.75, 3.05) is 18.9 Å². The normalized spacial score (nSPS) is 25.9. The fourth-order valence-corrected chi connectivity index (χ4v) is 3.56. The van der Waals surface area contributed by atoms with Gasteiger partial charge in [-0.2, -0.15) is 0 Å². The van der Waals surface area contributed by atoms with Crippen LogP contribution in [0.2, 0.25) is 0 Å². The Morgan fingerprint density at radius 3 is 2.81 bits per heavy atom. The fraction of sp³-hybridized carbons (Fsp3) is 0.471. The van der Waals surface area contributed by atoms with Gasteiger partial charge in [0.15, 0.2) is 6.23 Å². The molecule has 1 aliphatic heterocycles. The molecular weight excluding hydrogens is 435 g/mol. The number of nitrogens with zero attached hydrogens (tertiary/aromatic N) is 3. The summed E-state index contributed by atoms with van der Waals surface area (Å²) >= 11 is 0. The summed E-state index contributed by atoms with van der Waals surface area (Å²) in [5, 5.41) is 21.6. The number of nitrogens with two attached hydrogens (primary N) is 1. The molecule has 2 aromatic heterocycles. The first-order chi connectivity index (χ1) is 14.5. The van der Waals surface area contributed by atoms with Crippen LogP contribution >= 0.6 is 7.82 Å². The number of aliphatic hydroxyl groups excluding tert-OH is 1. The molecule has 13 nitrogen and oxygen atoms in total. The van der Waals surface area contributed by atoms with E-state index in [1.165, 1.54) is 24.0 Å². The number of rotatable bonds is 5. The first-order valence-electron chi connectivity index (χ1n) is 9.01. The SMILES string of the molecule is CCOC(=O)C#Cc1cn([C@@H]2O[C@H](COP(=O)(O)O)[C@@H](O)[C@@]2(C)O)c2ncnc(N)c12. The van der Waals surface area contributed by atoms with Crippen molar-refractivity contribution in [3.8, 4) is 11.8 Å². The lowest BCUT2D eigenvalue weighted by molar-refractivity contribution is -0.136. The van der Waals surface area contributed by atoms with E-state index in [1.807, 2.05) is 0 Å². The molecule has 0 radical (unpaired) electrons. The molecule has 4 atom stereocenters. The second kappa shape index (κ2) is 8.52. The van der Waals surface area contributed by atoms with Gasteiger partial charge in [-0.05, 0) is 13.8 Å². The molecule has 3 heterocycles. The molecule has 31 heavy (non-hydrogen) atoms. The van der Waals surface area contributed by atoms with Crippen molar-refractivity contribution in [1.29, 1.82) is 0 Å². The van der Waals surface area contributed by atoms with Gasteiger partial charge in [0.25, 0.3) is 0 Å². The lowest BCUT2D eigenvalue weighted by Crippen LogP contribution is -2.44. The minimum Gasteiger partial charge on any atom is -0.456 e. The maximum atomic E-state index is 11.6. The molecule has 1 saturated heterocycles. The summed E-state index contributed by atoms with van der Waals surface area (Å²) in [6, 6.07) is 0. The number of anilines is 1. The van der Waals surface area contributed by atoms with Crippen LogP contribution in [0, 0.1) is 11.8 Å². The zero-order chi connectivity index (χ0) is 23.0. The van der Waals surface area contributed by atoms with Gasteiger partial charge in [-0.1, -0.05) is 5.92 Å². The number of phosphoric ester groups is 1. The van der Waals surface area contributed by atoms with Crippen LogP contribution in [0.25, 0.3) is 11.0 Å². The number of ether oxygens (including phenoxy) is 2. The zero-order valence-electron chi connectivity index (χ0n) is 16.5. The number of hydrogen-bond acceptors (Lipinski definition) is 10. The van der Waals surface area contributed by atoms with Crippen molar-refractivity contribution in [3.05, 3.63) is 18.1 Å². The van der Waals surface area contributed by atoms with Gasteiger partial charge in [-0.15, -0.1) is 0 Å². The molecule has 168 valence electrons. The van der Waals surface area contributed by atoms with E-state index in [0.717, 1.165) is 0 Å². The first-order valence-corrected chi connectivity index (χ1v) is 10.5. The Hall–Kier alpha value is -2.56. The van der Waals surface area contributed by atoms with Crippen LogP contribution in [0.4, 0.5) is 5.82 Å². The third-order valence-electron chi connectivity index (χ3n) is 4.63. The summed E-state index contributed by atoms with van der Waals surface area (Å²) in [4.78, 5) is 37.4. The monoisotopic (exact) mass is 456 g/mol. The first kappa shape index (κ1) is 23.1. The van der Waals surface area contributed by atoms with Gasteiger partial charge < -0.3 is 39.8 Å². The van der Waals surface area contributed by atoms with E-state index in [1.54, 1.807) is 6.92 Å². The molecule has 0 spiro atoms. The Morgan fingerprint density at radius 2 is 2.16 bits per heavy atom. The summed E-state index contributed by atoms with van der Waals surface area (Å²) in [7, 11) is -4.82. The minimum atomic E-state index is -4.82. The van der Waals surface area contributed by atoms with Crippen molar-refractivity contribution < 1.29 is 43.4 Å². The molecule has 0 saturated carbocycles. The summed E-state index contributed by atoms with van der Waals surface area (Å²) in [6.07, 6.45) is -1.51. The number of carbonyl (C=O) groups is 1. The molecule has 0 unspecified atom stereocenters. The highest BCUT2D eigenvalue weighted by Crippen LogP contribution is 2.43. The number of aromatic nitrogens is 3. The predicted octanol–water partition coefficient (Wildman–Crippen LogP) is -0.953. The number of carbonyl (C=O) groups excluding carboxylic acids is 1. The van der Waals surface area contributed by atoms with Gasteiger partial charge in [-0.25, -0.2) is 19.3 Å². The molecule has 0 bridgehead atoms. The molecule has 2 aromatic rings. The number of phosphoric acid groups is 1. The Balaban J connectivity index is 2.03. The minimum absolute atomic E-state index is 0.0523. The van der Waals surface area contributed by atoms with Crippen LogP contribution in [0.5, 0.6) is 0 Å². The number of hydrogen-bond donors (Lipinski definition) is 5. The lowest BCUT2D eigenvalue weighted by atomic mass is 9.96.